The molecule has 4 rings (SSSR count). The summed E-state index contributed by atoms with van der Waals surface area (Å²) in [6.07, 6.45) is 1.47. The molecular formula is C18H13FN4OS. The highest BCUT2D eigenvalue weighted by molar-refractivity contribution is 7.99. The van der Waals surface area contributed by atoms with E-state index in [-0.39, 0.29) is 18.1 Å². The molecular weight excluding hydrogens is 339 g/mol. The van der Waals surface area contributed by atoms with E-state index in [9.17, 15) is 9.18 Å². The van der Waals surface area contributed by atoms with Crippen molar-refractivity contribution in [1.82, 2.24) is 19.2 Å². The highest BCUT2D eigenvalue weighted by atomic mass is 32.2. The predicted molar refractivity (Wildman–Crippen MR) is 93.3 cm³/mol. The molecule has 0 aliphatic heterocycles. The standard InChI is InChI=1S/C18H13FN4OS/c19-14-6-4-5-13(9-14)11-23-18(24)22-12-20-17(10-16(22)21-23)25-15-7-2-1-3-8-15/h1-10,12H,11H2. The molecule has 7 heteroatoms. The Morgan fingerprint density at radius 1 is 1.04 bits per heavy atom. The molecule has 124 valence electrons. The Hall–Kier alpha value is -2.93. The number of rotatable bonds is 4. The molecule has 0 saturated heterocycles. The van der Waals surface area contributed by atoms with E-state index < -0.39 is 0 Å². The molecule has 2 aromatic heterocycles. The summed E-state index contributed by atoms with van der Waals surface area (Å²) in [5.41, 5.74) is 0.884. The molecule has 0 saturated carbocycles. The van der Waals surface area contributed by atoms with Gasteiger partial charge in [-0.05, 0) is 29.8 Å². The fraction of sp³-hybridized carbons (Fsp3) is 0.0556. The number of fused-ring (bicyclic) bond motifs is 1. The minimum atomic E-state index is -0.336. The second kappa shape index (κ2) is 6.52. The van der Waals surface area contributed by atoms with Gasteiger partial charge in [-0.25, -0.2) is 23.3 Å². The summed E-state index contributed by atoms with van der Waals surface area (Å²) in [7, 11) is 0. The van der Waals surface area contributed by atoms with Crippen molar-refractivity contribution in [3.63, 3.8) is 0 Å². The maximum atomic E-state index is 13.3. The van der Waals surface area contributed by atoms with E-state index in [4.69, 9.17) is 0 Å². The Balaban J connectivity index is 1.66. The van der Waals surface area contributed by atoms with Crippen LogP contribution in [0.15, 0.2) is 81.7 Å². The van der Waals surface area contributed by atoms with Crippen LogP contribution in [0.3, 0.4) is 0 Å². The molecule has 0 amide bonds. The number of nitrogens with zero attached hydrogens (tertiary/aromatic N) is 4. The zero-order valence-corrected chi connectivity index (χ0v) is 13.9. The smallest absolute Gasteiger partial charge is 0.246 e. The average molecular weight is 352 g/mol. The zero-order valence-electron chi connectivity index (χ0n) is 13.0. The van der Waals surface area contributed by atoms with Crippen LogP contribution in [0.4, 0.5) is 4.39 Å². The molecule has 0 radical (unpaired) electrons. The van der Waals surface area contributed by atoms with Gasteiger partial charge in [-0.2, -0.15) is 0 Å². The van der Waals surface area contributed by atoms with Crippen LogP contribution < -0.4 is 5.69 Å². The van der Waals surface area contributed by atoms with Crippen molar-refractivity contribution in [2.24, 2.45) is 0 Å². The van der Waals surface area contributed by atoms with Gasteiger partial charge in [-0.15, -0.1) is 5.10 Å². The van der Waals surface area contributed by atoms with Crippen LogP contribution in [-0.2, 0) is 6.54 Å². The number of halogens is 1. The summed E-state index contributed by atoms with van der Waals surface area (Å²) in [4.78, 5) is 17.8. The lowest BCUT2D eigenvalue weighted by Crippen LogP contribution is -2.21. The molecule has 0 aliphatic rings. The van der Waals surface area contributed by atoms with E-state index in [0.717, 1.165) is 9.92 Å². The van der Waals surface area contributed by atoms with Crippen molar-refractivity contribution in [1.29, 1.82) is 0 Å². The van der Waals surface area contributed by atoms with Crippen LogP contribution in [0.25, 0.3) is 5.65 Å². The van der Waals surface area contributed by atoms with Gasteiger partial charge in [-0.1, -0.05) is 42.1 Å². The van der Waals surface area contributed by atoms with E-state index >= 15 is 0 Å². The van der Waals surface area contributed by atoms with Crippen molar-refractivity contribution in [2.75, 3.05) is 0 Å². The summed E-state index contributed by atoms with van der Waals surface area (Å²) >= 11 is 1.50. The fourth-order valence-electron chi connectivity index (χ4n) is 2.48. The summed E-state index contributed by atoms with van der Waals surface area (Å²) < 4.78 is 16.0. The SMILES string of the molecule is O=c1n(Cc2cccc(F)c2)nc2cc(Sc3ccccc3)ncn12. The van der Waals surface area contributed by atoms with Crippen molar-refractivity contribution in [2.45, 2.75) is 16.5 Å². The summed E-state index contributed by atoms with van der Waals surface area (Å²) in [5, 5.41) is 5.08. The molecule has 2 aromatic carbocycles. The third kappa shape index (κ3) is 3.32. The Kier molecular flexibility index (Phi) is 4.07. The van der Waals surface area contributed by atoms with Crippen molar-refractivity contribution >= 4 is 17.4 Å². The maximum absolute atomic E-state index is 13.3. The molecule has 0 bridgehead atoms. The fourth-order valence-corrected chi connectivity index (χ4v) is 3.28. The highest BCUT2D eigenvalue weighted by Crippen LogP contribution is 2.25. The Morgan fingerprint density at radius 3 is 2.68 bits per heavy atom. The van der Waals surface area contributed by atoms with Gasteiger partial charge in [0.2, 0.25) is 0 Å². The molecule has 0 fully saturated rings. The lowest BCUT2D eigenvalue weighted by Gasteiger charge is -1.99. The van der Waals surface area contributed by atoms with Gasteiger partial charge in [-0.3, -0.25) is 0 Å². The van der Waals surface area contributed by atoms with Crippen LogP contribution in [0, 0.1) is 5.82 Å². The molecule has 0 spiro atoms. The minimum absolute atomic E-state index is 0.208. The van der Waals surface area contributed by atoms with Gasteiger partial charge in [0.05, 0.1) is 6.54 Å². The van der Waals surface area contributed by atoms with E-state index in [0.29, 0.717) is 11.2 Å². The second-order valence-corrected chi connectivity index (χ2v) is 6.53. The van der Waals surface area contributed by atoms with Gasteiger partial charge in [0.25, 0.3) is 0 Å². The number of hydrogen-bond donors (Lipinski definition) is 0. The Labute approximate surface area is 146 Å². The molecule has 5 nitrogen and oxygen atoms in total. The molecule has 0 N–H and O–H groups in total. The van der Waals surface area contributed by atoms with Crippen LogP contribution in [-0.4, -0.2) is 19.2 Å². The van der Waals surface area contributed by atoms with E-state index in [1.165, 1.54) is 39.3 Å². The second-order valence-electron chi connectivity index (χ2n) is 5.44. The molecule has 0 unspecified atom stereocenters. The monoisotopic (exact) mass is 352 g/mol. The third-order valence-electron chi connectivity index (χ3n) is 3.64. The molecule has 2 heterocycles. The predicted octanol–water partition coefficient (Wildman–Crippen LogP) is 3.23. The number of aromatic nitrogens is 4. The summed E-state index contributed by atoms with van der Waals surface area (Å²) in [6, 6.07) is 17.7. The average Bonchev–Trinajstić information content (AvgIpc) is 2.91. The molecule has 0 atom stereocenters. The largest absolute Gasteiger partial charge is 0.351 e. The van der Waals surface area contributed by atoms with Gasteiger partial charge < -0.3 is 0 Å². The zero-order chi connectivity index (χ0) is 17.2. The van der Waals surface area contributed by atoms with Crippen LogP contribution in [0.5, 0.6) is 0 Å². The topological polar surface area (TPSA) is 52.2 Å². The number of benzene rings is 2. The molecule has 4 aromatic rings. The summed E-state index contributed by atoms with van der Waals surface area (Å²) in [5.74, 6) is -0.336. The quantitative estimate of drug-likeness (QED) is 0.529. The third-order valence-corrected chi connectivity index (χ3v) is 4.58. The normalized spacial score (nSPS) is 11.1. The van der Waals surface area contributed by atoms with Crippen molar-refractivity contribution in [3.8, 4) is 0 Å². The van der Waals surface area contributed by atoms with Crippen LogP contribution in [0.1, 0.15) is 5.56 Å². The van der Waals surface area contributed by atoms with Gasteiger partial charge in [0.15, 0.2) is 5.65 Å². The highest BCUT2D eigenvalue weighted by Gasteiger charge is 2.10. The Morgan fingerprint density at radius 2 is 1.88 bits per heavy atom. The van der Waals surface area contributed by atoms with Crippen molar-refractivity contribution in [3.05, 3.63) is 88.9 Å². The first-order chi connectivity index (χ1) is 12.2. The van der Waals surface area contributed by atoms with E-state index in [1.54, 1.807) is 18.2 Å². The molecule has 0 aliphatic carbocycles. The van der Waals surface area contributed by atoms with E-state index in [1.807, 2.05) is 30.3 Å². The minimum Gasteiger partial charge on any atom is -0.246 e. The van der Waals surface area contributed by atoms with Gasteiger partial charge >= 0.3 is 5.69 Å². The van der Waals surface area contributed by atoms with E-state index in [2.05, 4.69) is 10.1 Å². The Bertz CT molecular complexity index is 1090. The summed E-state index contributed by atoms with van der Waals surface area (Å²) in [6.45, 7) is 0.208. The first-order valence-electron chi connectivity index (χ1n) is 7.61. The first kappa shape index (κ1) is 15.6. The lowest BCUT2D eigenvalue weighted by atomic mass is 10.2. The lowest BCUT2D eigenvalue weighted by molar-refractivity contribution is 0.615. The van der Waals surface area contributed by atoms with Gasteiger partial charge in [0, 0.05) is 11.0 Å². The maximum Gasteiger partial charge on any atom is 0.351 e. The first-order valence-corrected chi connectivity index (χ1v) is 8.43. The van der Waals surface area contributed by atoms with Crippen LogP contribution in [0.2, 0.25) is 0 Å². The number of hydrogen-bond acceptors (Lipinski definition) is 4. The van der Waals surface area contributed by atoms with Crippen LogP contribution >= 0.6 is 11.8 Å². The molecule has 25 heavy (non-hydrogen) atoms. The van der Waals surface area contributed by atoms with Crippen molar-refractivity contribution < 1.29 is 4.39 Å². The van der Waals surface area contributed by atoms with Gasteiger partial charge in [0.1, 0.15) is 17.2 Å².